The normalized spacial score (nSPS) is 39.5. The minimum absolute atomic E-state index is 0.294. The molecule has 1 aliphatic heterocycles. The maximum Gasteiger partial charge on any atom is 0.238 e. The first-order valence-electron chi connectivity index (χ1n) is 7.43. The minimum atomic E-state index is -0.916. The Hall–Kier alpha value is -1.92. The summed E-state index contributed by atoms with van der Waals surface area (Å²) in [5.41, 5.74) is 0.428. The van der Waals surface area contributed by atoms with E-state index in [-0.39, 0.29) is 23.7 Å². The molecule has 4 rings (SSSR count). The van der Waals surface area contributed by atoms with Crippen molar-refractivity contribution in [2.75, 3.05) is 12.0 Å². The van der Waals surface area contributed by atoms with Crippen molar-refractivity contribution in [1.82, 2.24) is 0 Å². The molecular weight excluding hydrogens is 286 g/mol. The van der Waals surface area contributed by atoms with Crippen LogP contribution in [-0.2, 0) is 9.59 Å². The molecule has 6 heteroatoms. The number of carbonyl (C=O) groups is 2. The summed E-state index contributed by atoms with van der Waals surface area (Å²) >= 11 is 0. The van der Waals surface area contributed by atoms with Crippen molar-refractivity contribution in [2.45, 2.75) is 18.6 Å². The van der Waals surface area contributed by atoms with E-state index in [1.165, 1.54) is 7.11 Å². The molecule has 1 heterocycles. The third-order valence-corrected chi connectivity index (χ3v) is 5.42. The predicted molar refractivity (Wildman–Crippen MR) is 76.1 cm³/mol. The van der Waals surface area contributed by atoms with E-state index in [0.717, 1.165) is 4.90 Å². The Kier molecular flexibility index (Phi) is 2.83. The van der Waals surface area contributed by atoms with Gasteiger partial charge in [0, 0.05) is 11.8 Å². The van der Waals surface area contributed by atoms with Gasteiger partial charge in [-0.25, -0.2) is 4.90 Å². The summed E-state index contributed by atoms with van der Waals surface area (Å²) in [5, 5.41) is 20.1. The molecule has 3 fully saturated rings. The second-order valence-corrected chi connectivity index (χ2v) is 6.28. The molecule has 0 radical (unpaired) electrons. The fourth-order valence-corrected chi connectivity index (χ4v) is 4.48. The van der Waals surface area contributed by atoms with Gasteiger partial charge in [0.15, 0.2) is 0 Å². The lowest BCUT2D eigenvalue weighted by Gasteiger charge is -2.29. The largest absolute Gasteiger partial charge is 0.495 e. The summed E-state index contributed by atoms with van der Waals surface area (Å²) < 4.78 is 5.24. The van der Waals surface area contributed by atoms with Crippen LogP contribution in [0, 0.1) is 23.7 Å². The fraction of sp³-hybridized carbons (Fsp3) is 0.500. The fourth-order valence-electron chi connectivity index (χ4n) is 4.48. The molecule has 1 aromatic rings. The number of carbonyl (C=O) groups excluding carboxylic acids is 2. The number of anilines is 1. The van der Waals surface area contributed by atoms with Gasteiger partial charge in [-0.15, -0.1) is 0 Å². The van der Waals surface area contributed by atoms with Gasteiger partial charge in [0.2, 0.25) is 11.8 Å². The topological polar surface area (TPSA) is 87.1 Å². The quantitative estimate of drug-likeness (QED) is 0.761. The highest BCUT2D eigenvalue weighted by molar-refractivity contribution is 6.23. The summed E-state index contributed by atoms with van der Waals surface area (Å²) in [4.78, 5) is 26.7. The van der Waals surface area contributed by atoms with Crippen molar-refractivity contribution in [3.05, 3.63) is 24.3 Å². The number of aliphatic hydroxyl groups is 2. The molecule has 2 bridgehead atoms. The van der Waals surface area contributed by atoms with Gasteiger partial charge in [0.1, 0.15) is 5.75 Å². The van der Waals surface area contributed by atoms with E-state index in [0.29, 0.717) is 17.9 Å². The maximum atomic E-state index is 12.8. The Balaban J connectivity index is 1.76. The molecule has 2 aliphatic carbocycles. The molecule has 2 saturated carbocycles. The highest BCUT2D eigenvalue weighted by Gasteiger charge is 2.67. The zero-order chi connectivity index (χ0) is 15.6. The number of methoxy groups -OCH3 is 1. The third-order valence-electron chi connectivity index (χ3n) is 5.42. The van der Waals surface area contributed by atoms with Crippen LogP contribution in [0.2, 0.25) is 0 Å². The smallest absolute Gasteiger partial charge is 0.238 e. The van der Waals surface area contributed by atoms with Crippen LogP contribution in [0.4, 0.5) is 5.69 Å². The standard InChI is InChI=1S/C16H17NO5/c1-22-10-5-3-2-4-9(10)17-15(20)11-7-6-8(12(11)16(17)21)14(19)13(7)18/h2-5,7-8,11-14,18-19H,6H2,1H3. The average molecular weight is 303 g/mol. The van der Waals surface area contributed by atoms with Gasteiger partial charge in [0.05, 0.1) is 36.8 Å². The molecular formula is C16H17NO5. The molecule has 6 nitrogen and oxygen atoms in total. The molecule has 1 aromatic carbocycles. The first-order valence-corrected chi connectivity index (χ1v) is 7.43. The van der Waals surface area contributed by atoms with Crippen LogP contribution in [0.25, 0.3) is 0 Å². The highest BCUT2D eigenvalue weighted by atomic mass is 16.5. The lowest BCUT2D eigenvalue weighted by Crippen LogP contribution is -2.43. The first-order chi connectivity index (χ1) is 10.6. The maximum absolute atomic E-state index is 12.8. The Morgan fingerprint density at radius 1 is 1.05 bits per heavy atom. The molecule has 0 spiro atoms. The molecule has 22 heavy (non-hydrogen) atoms. The van der Waals surface area contributed by atoms with Crippen LogP contribution in [0.3, 0.4) is 0 Å². The van der Waals surface area contributed by atoms with Crippen LogP contribution in [0.5, 0.6) is 5.75 Å². The summed E-state index contributed by atoms with van der Waals surface area (Å²) in [6, 6.07) is 6.88. The van der Waals surface area contributed by atoms with Crippen molar-refractivity contribution in [1.29, 1.82) is 0 Å². The minimum Gasteiger partial charge on any atom is -0.495 e. The number of rotatable bonds is 2. The van der Waals surface area contributed by atoms with Gasteiger partial charge in [-0.1, -0.05) is 12.1 Å². The zero-order valence-corrected chi connectivity index (χ0v) is 12.0. The van der Waals surface area contributed by atoms with Crippen molar-refractivity contribution in [3.8, 4) is 5.75 Å². The van der Waals surface area contributed by atoms with Gasteiger partial charge in [-0.2, -0.15) is 0 Å². The lowest BCUT2D eigenvalue weighted by molar-refractivity contribution is -0.129. The van der Waals surface area contributed by atoms with Gasteiger partial charge >= 0.3 is 0 Å². The summed E-state index contributed by atoms with van der Waals surface area (Å²) in [6.45, 7) is 0. The van der Waals surface area contributed by atoms with Gasteiger partial charge in [-0.05, 0) is 18.6 Å². The van der Waals surface area contributed by atoms with Crippen LogP contribution >= 0.6 is 0 Å². The number of amides is 2. The Bertz CT molecular complexity index is 628. The number of hydrogen-bond acceptors (Lipinski definition) is 5. The molecule has 6 unspecified atom stereocenters. The zero-order valence-electron chi connectivity index (χ0n) is 12.0. The number of aliphatic hydroxyl groups excluding tert-OH is 2. The average Bonchev–Trinajstić information content (AvgIpc) is 3.12. The van der Waals surface area contributed by atoms with Crippen LogP contribution < -0.4 is 9.64 Å². The lowest BCUT2D eigenvalue weighted by atomic mass is 9.78. The number of nitrogens with zero attached hydrogens (tertiary/aromatic N) is 1. The van der Waals surface area contributed by atoms with E-state index < -0.39 is 24.0 Å². The number of fused-ring (bicyclic) bond motifs is 5. The Morgan fingerprint density at radius 2 is 1.59 bits per heavy atom. The number of ether oxygens (including phenoxy) is 1. The number of imide groups is 1. The predicted octanol–water partition coefficient (Wildman–Crippen LogP) is 0.172. The van der Waals surface area contributed by atoms with Crippen molar-refractivity contribution in [2.24, 2.45) is 23.7 Å². The monoisotopic (exact) mass is 303 g/mol. The van der Waals surface area contributed by atoms with Gasteiger partial charge in [-0.3, -0.25) is 9.59 Å². The molecule has 116 valence electrons. The Morgan fingerprint density at radius 3 is 2.14 bits per heavy atom. The van der Waals surface area contributed by atoms with E-state index in [2.05, 4.69) is 0 Å². The van der Waals surface area contributed by atoms with Crippen molar-refractivity contribution >= 4 is 17.5 Å². The number of benzene rings is 1. The van der Waals surface area contributed by atoms with E-state index in [1.807, 2.05) is 0 Å². The highest BCUT2D eigenvalue weighted by Crippen LogP contribution is 2.57. The van der Waals surface area contributed by atoms with E-state index in [4.69, 9.17) is 4.74 Å². The second-order valence-electron chi connectivity index (χ2n) is 6.28. The van der Waals surface area contributed by atoms with E-state index in [9.17, 15) is 19.8 Å². The van der Waals surface area contributed by atoms with Crippen molar-refractivity contribution in [3.63, 3.8) is 0 Å². The summed E-state index contributed by atoms with van der Waals surface area (Å²) in [6.07, 6.45) is -1.30. The SMILES string of the molecule is COc1ccccc1N1C(=O)C2C3CC(C(O)C3O)C2C1=O. The molecule has 1 saturated heterocycles. The molecule has 0 aromatic heterocycles. The van der Waals surface area contributed by atoms with Crippen LogP contribution in [0.1, 0.15) is 6.42 Å². The molecule has 2 amide bonds. The summed E-state index contributed by atoms with van der Waals surface area (Å²) in [7, 11) is 1.49. The first kappa shape index (κ1) is 13.7. The second kappa shape index (κ2) is 4.54. The number of para-hydroxylation sites is 2. The van der Waals surface area contributed by atoms with Gasteiger partial charge in [0.25, 0.3) is 0 Å². The third kappa shape index (κ3) is 1.51. The van der Waals surface area contributed by atoms with Crippen LogP contribution in [0.15, 0.2) is 24.3 Å². The van der Waals surface area contributed by atoms with Gasteiger partial charge < -0.3 is 14.9 Å². The van der Waals surface area contributed by atoms with Crippen molar-refractivity contribution < 1.29 is 24.5 Å². The molecule has 6 atom stereocenters. The molecule has 2 N–H and O–H groups in total. The van der Waals surface area contributed by atoms with E-state index >= 15 is 0 Å². The van der Waals surface area contributed by atoms with E-state index in [1.54, 1.807) is 24.3 Å². The summed E-state index contributed by atoms with van der Waals surface area (Å²) in [5.74, 6) is -1.85. The van der Waals surface area contributed by atoms with Crippen LogP contribution in [-0.4, -0.2) is 41.3 Å². The number of hydrogen-bond donors (Lipinski definition) is 2. The molecule has 3 aliphatic rings. The Labute approximate surface area is 127 Å².